The van der Waals surface area contributed by atoms with E-state index in [1.807, 2.05) is 28.9 Å². The summed E-state index contributed by atoms with van der Waals surface area (Å²) in [5.74, 6) is 2.69. The first kappa shape index (κ1) is 17.3. The molecule has 0 atom stereocenters. The third-order valence-electron chi connectivity index (χ3n) is 5.42. The Labute approximate surface area is 159 Å². The van der Waals surface area contributed by atoms with E-state index >= 15 is 0 Å². The normalized spacial score (nSPS) is 17.6. The lowest BCUT2D eigenvalue weighted by atomic mass is 10.1. The van der Waals surface area contributed by atoms with Crippen LogP contribution in [0.1, 0.15) is 32.6 Å². The molecule has 0 unspecified atom stereocenters. The van der Waals surface area contributed by atoms with Crippen LogP contribution in [-0.2, 0) is 13.2 Å². The maximum Gasteiger partial charge on any atom is 0.199 e. The Hall–Kier alpha value is -1.17. The van der Waals surface area contributed by atoms with Gasteiger partial charge in [-0.05, 0) is 88.0 Å². The van der Waals surface area contributed by atoms with Crippen LogP contribution in [0.5, 0.6) is 0 Å². The maximum atomic E-state index is 6.02. The molecule has 0 saturated heterocycles. The lowest BCUT2D eigenvalue weighted by Gasteiger charge is -2.27. The molecule has 6 heteroatoms. The first-order chi connectivity index (χ1) is 12.1. The van der Waals surface area contributed by atoms with E-state index in [1.165, 1.54) is 25.7 Å². The zero-order valence-electron chi connectivity index (χ0n) is 14.9. The van der Waals surface area contributed by atoms with E-state index in [4.69, 9.17) is 28.9 Å². The van der Waals surface area contributed by atoms with E-state index < -0.39 is 0 Å². The summed E-state index contributed by atoms with van der Waals surface area (Å²) in [5, 5.41) is 5.59. The van der Waals surface area contributed by atoms with Crippen molar-refractivity contribution in [2.75, 3.05) is 7.05 Å². The summed E-state index contributed by atoms with van der Waals surface area (Å²) < 4.78 is 4.89. The van der Waals surface area contributed by atoms with Gasteiger partial charge < -0.3 is 4.57 Å². The molecule has 134 valence electrons. The molecule has 0 aliphatic heterocycles. The van der Waals surface area contributed by atoms with Gasteiger partial charge in [-0.3, -0.25) is 4.90 Å². The van der Waals surface area contributed by atoms with Crippen molar-refractivity contribution in [2.45, 2.75) is 51.9 Å². The van der Waals surface area contributed by atoms with Crippen LogP contribution in [0.4, 0.5) is 0 Å². The molecular formula is C19H25ClN4S. The van der Waals surface area contributed by atoms with Gasteiger partial charge in [0.15, 0.2) is 10.6 Å². The van der Waals surface area contributed by atoms with Crippen LogP contribution < -0.4 is 0 Å². The molecule has 2 saturated carbocycles. The highest BCUT2D eigenvalue weighted by atomic mass is 35.5. The first-order valence-corrected chi connectivity index (χ1v) is 10.0. The van der Waals surface area contributed by atoms with Gasteiger partial charge in [-0.15, -0.1) is 0 Å². The van der Waals surface area contributed by atoms with Gasteiger partial charge >= 0.3 is 0 Å². The molecular weight excluding hydrogens is 352 g/mol. The molecule has 1 heterocycles. The minimum Gasteiger partial charge on any atom is -0.300 e. The second-order valence-corrected chi connectivity index (χ2v) is 8.22. The molecule has 1 aromatic heterocycles. The van der Waals surface area contributed by atoms with Crippen molar-refractivity contribution in [1.29, 1.82) is 0 Å². The lowest BCUT2D eigenvalue weighted by Crippen LogP contribution is -2.37. The summed E-state index contributed by atoms with van der Waals surface area (Å²) in [5.41, 5.74) is 1.06. The summed E-state index contributed by atoms with van der Waals surface area (Å²) >= 11 is 11.7. The van der Waals surface area contributed by atoms with Crippen molar-refractivity contribution in [3.63, 3.8) is 0 Å². The van der Waals surface area contributed by atoms with E-state index in [-0.39, 0.29) is 0 Å². The summed E-state index contributed by atoms with van der Waals surface area (Å²) in [6.07, 6.45) is 5.54. The molecule has 1 aromatic carbocycles. The molecule has 0 bridgehead atoms. The zero-order chi connectivity index (χ0) is 17.6. The van der Waals surface area contributed by atoms with Crippen LogP contribution >= 0.6 is 23.8 Å². The number of rotatable bonds is 7. The standard InChI is InChI=1S/C19H25ClN4S/c1-3-23-18(15-8-10-16(20)11-9-15)21-24(19(23)25)12-22(2)17(13-4-5-13)14-6-7-14/h8-11,13-14,17H,3-7,12H2,1-2H3. The molecule has 2 fully saturated rings. The van der Waals surface area contributed by atoms with Crippen molar-refractivity contribution in [2.24, 2.45) is 11.8 Å². The van der Waals surface area contributed by atoms with Gasteiger partial charge in [0, 0.05) is 23.2 Å². The molecule has 0 N–H and O–H groups in total. The largest absolute Gasteiger partial charge is 0.300 e. The van der Waals surface area contributed by atoms with Gasteiger partial charge in [0.1, 0.15) is 0 Å². The zero-order valence-corrected chi connectivity index (χ0v) is 16.4. The second-order valence-electron chi connectivity index (χ2n) is 7.42. The lowest BCUT2D eigenvalue weighted by molar-refractivity contribution is 0.145. The third-order valence-corrected chi connectivity index (χ3v) is 6.10. The number of hydrogen-bond donors (Lipinski definition) is 0. The van der Waals surface area contributed by atoms with Crippen molar-refractivity contribution in [3.8, 4) is 11.4 Å². The smallest absolute Gasteiger partial charge is 0.199 e. The minimum absolute atomic E-state index is 0.702. The highest BCUT2D eigenvalue weighted by molar-refractivity contribution is 7.71. The third kappa shape index (κ3) is 3.55. The van der Waals surface area contributed by atoms with E-state index in [1.54, 1.807) is 0 Å². The molecule has 0 radical (unpaired) electrons. The Morgan fingerprint density at radius 3 is 2.32 bits per heavy atom. The molecule has 2 aliphatic rings. The SMILES string of the molecule is CCn1c(-c2ccc(Cl)cc2)nn(CN(C)C(C2CC2)C2CC2)c1=S. The van der Waals surface area contributed by atoms with Crippen LogP contribution in [0.25, 0.3) is 11.4 Å². The number of nitrogens with zero attached hydrogens (tertiary/aromatic N) is 4. The van der Waals surface area contributed by atoms with Crippen molar-refractivity contribution in [3.05, 3.63) is 34.1 Å². The molecule has 2 aliphatic carbocycles. The van der Waals surface area contributed by atoms with E-state index in [0.717, 1.165) is 46.2 Å². The fourth-order valence-electron chi connectivity index (χ4n) is 3.92. The van der Waals surface area contributed by atoms with E-state index in [2.05, 4.69) is 23.4 Å². The summed E-state index contributed by atoms with van der Waals surface area (Å²) in [6, 6.07) is 8.53. The average Bonchev–Trinajstić information content (AvgIpc) is 3.51. The minimum atomic E-state index is 0.702. The van der Waals surface area contributed by atoms with Crippen LogP contribution in [0.2, 0.25) is 5.02 Å². The maximum absolute atomic E-state index is 6.02. The average molecular weight is 377 g/mol. The van der Waals surface area contributed by atoms with Crippen LogP contribution in [0.3, 0.4) is 0 Å². The van der Waals surface area contributed by atoms with E-state index in [9.17, 15) is 0 Å². The number of aromatic nitrogens is 3. The molecule has 4 nitrogen and oxygen atoms in total. The first-order valence-electron chi connectivity index (χ1n) is 9.22. The van der Waals surface area contributed by atoms with Gasteiger partial charge in [-0.2, -0.15) is 5.10 Å². The van der Waals surface area contributed by atoms with Gasteiger partial charge in [0.05, 0.1) is 6.67 Å². The molecule has 4 rings (SSSR count). The molecule has 0 spiro atoms. The van der Waals surface area contributed by atoms with Gasteiger partial charge in [-0.25, -0.2) is 4.68 Å². The topological polar surface area (TPSA) is 26.0 Å². The predicted molar refractivity (Wildman–Crippen MR) is 104 cm³/mol. The summed E-state index contributed by atoms with van der Waals surface area (Å²) in [7, 11) is 2.23. The predicted octanol–water partition coefficient (Wildman–Crippen LogP) is 4.83. The Morgan fingerprint density at radius 1 is 1.20 bits per heavy atom. The van der Waals surface area contributed by atoms with Crippen molar-refractivity contribution in [1.82, 2.24) is 19.2 Å². The number of benzene rings is 1. The van der Waals surface area contributed by atoms with Crippen LogP contribution in [0, 0.1) is 16.6 Å². The van der Waals surface area contributed by atoms with Crippen molar-refractivity contribution < 1.29 is 0 Å². The number of halogens is 1. The quantitative estimate of drug-likeness (QED) is 0.647. The molecule has 2 aromatic rings. The molecule has 0 amide bonds. The fourth-order valence-corrected chi connectivity index (χ4v) is 4.36. The van der Waals surface area contributed by atoms with Gasteiger partial charge in [0.25, 0.3) is 0 Å². The van der Waals surface area contributed by atoms with Crippen molar-refractivity contribution >= 4 is 23.8 Å². The van der Waals surface area contributed by atoms with Crippen LogP contribution in [-0.4, -0.2) is 32.3 Å². The molecule has 25 heavy (non-hydrogen) atoms. The summed E-state index contributed by atoms with van der Waals surface area (Å²) in [4.78, 5) is 2.48. The van der Waals surface area contributed by atoms with Gasteiger partial charge in [-0.1, -0.05) is 11.6 Å². The monoisotopic (exact) mass is 376 g/mol. The Morgan fingerprint density at radius 2 is 1.80 bits per heavy atom. The highest BCUT2D eigenvalue weighted by Crippen LogP contribution is 2.46. The Balaban J connectivity index is 1.61. The Bertz CT molecular complexity index is 790. The number of hydrogen-bond acceptors (Lipinski definition) is 3. The van der Waals surface area contributed by atoms with Gasteiger partial charge in [0.2, 0.25) is 0 Å². The van der Waals surface area contributed by atoms with Crippen LogP contribution in [0.15, 0.2) is 24.3 Å². The highest BCUT2D eigenvalue weighted by Gasteiger charge is 2.43. The van der Waals surface area contributed by atoms with E-state index in [0.29, 0.717) is 6.04 Å². The fraction of sp³-hybridized carbons (Fsp3) is 0.579. The Kier molecular flexibility index (Phi) is 4.73. The summed E-state index contributed by atoms with van der Waals surface area (Å²) in [6.45, 7) is 3.70. The second kappa shape index (κ2) is 6.86.